The summed E-state index contributed by atoms with van der Waals surface area (Å²) in [5.41, 5.74) is 2.40. The van der Waals surface area contributed by atoms with Gasteiger partial charge in [0.05, 0.1) is 12.2 Å². The average molecular weight is 449 g/mol. The normalized spacial score (nSPS) is 23.8. The van der Waals surface area contributed by atoms with Crippen molar-refractivity contribution in [3.05, 3.63) is 63.8 Å². The molecule has 1 amide bonds. The second-order valence-electron chi connectivity index (χ2n) is 10.2. The lowest BCUT2D eigenvalue weighted by atomic mass is 9.91. The topological polar surface area (TPSA) is 58.4 Å². The minimum absolute atomic E-state index is 0.101. The zero-order valence-electron chi connectivity index (χ0n) is 19.6. The first-order chi connectivity index (χ1) is 16.2. The smallest absolute Gasteiger partial charge is 0.253 e. The van der Waals surface area contributed by atoms with Crippen LogP contribution < -0.4 is 5.56 Å². The van der Waals surface area contributed by atoms with Gasteiger partial charge < -0.3 is 4.90 Å². The lowest BCUT2D eigenvalue weighted by Crippen LogP contribution is -2.45. The summed E-state index contributed by atoms with van der Waals surface area (Å²) in [5, 5.41) is 0. The van der Waals surface area contributed by atoms with E-state index >= 15 is 0 Å². The third kappa shape index (κ3) is 5.37. The van der Waals surface area contributed by atoms with E-state index in [0.717, 1.165) is 82.8 Å². The van der Waals surface area contributed by atoms with Crippen LogP contribution in [0.15, 0.2) is 41.2 Å². The number of hydrogen-bond donors (Lipinski definition) is 0. The first kappa shape index (κ1) is 22.3. The number of aromatic nitrogens is 2. The lowest BCUT2D eigenvalue weighted by Gasteiger charge is -2.34. The second-order valence-corrected chi connectivity index (χ2v) is 10.2. The molecule has 2 atom stereocenters. The van der Waals surface area contributed by atoms with Crippen molar-refractivity contribution in [2.75, 3.05) is 32.7 Å². The van der Waals surface area contributed by atoms with Crippen molar-refractivity contribution < 1.29 is 4.79 Å². The molecule has 33 heavy (non-hydrogen) atoms. The van der Waals surface area contributed by atoms with E-state index in [1.165, 1.54) is 18.4 Å². The van der Waals surface area contributed by atoms with Crippen LogP contribution in [0.5, 0.6) is 0 Å². The molecule has 0 spiro atoms. The van der Waals surface area contributed by atoms with Gasteiger partial charge in [-0.25, -0.2) is 4.98 Å². The fourth-order valence-corrected chi connectivity index (χ4v) is 5.86. The molecule has 0 radical (unpaired) electrons. The number of aryl methyl sites for hydroxylation is 1. The highest BCUT2D eigenvalue weighted by atomic mass is 16.2. The molecule has 176 valence electrons. The third-order valence-corrected chi connectivity index (χ3v) is 7.68. The summed E-state index contributed by atoms with van der Waals surface area (Å²) in [5.74, 6) is 2.02. The van der Waals surface area contributed by atoms with Crippen molar-refractivity contribution in [2.24, 2.45) is 5.92 Å². The number of fused-ring (bicyclic) bond motifs is 1. The standard InChI is InChI=1S/C27H36N4O2/c32-26-17-24(28-25-11-5-2-6-14-31(25)26)23-12-15-29(19-23)20-27(33)30-13-7-10-22(18-30)16-21-8-3-1-4-9-21/h1,3-4,8-9,17,22-23H,2,5-7,10-16,18-20H2. The molecule has 3 aliphatic rings. The number of benzene rings is 1. The Kier molecular flexibility index (Phi) is 6.91. The van der Waals surface area contributed by atoms with E-state index in [1.807, 2.05) is 4.57 Å². The number of likely N-dealkylation sites (tertiary alicyclic amines) is 2. The largest absolute Gasteiger partial charge is 0.341 e. The Balaban J connectivity index is 1.17. The third-order valence-electron chi connectivity index (χ3n) is 7.68. The van der Waals surface area contributed by atoms with Crippen LogP contribution in [-0.4, -0.2) is 58.0 Å². The Morgan fingerprint density at radius 1 is 0.970 bits per heavy atom. The summed E-state index contributed by atoms with van der Waals surface area (Å²) in [7, 11) is 0. The van der Waals surface area contributed by atoms with Crippen LogP contribution in [0, 0.1) is 5.92 Å². The SMILES string of the molecule is O=C(CN1CCC(c2cc(=O)n3c(n2)CCCCC3)C1)N1CCCC(Cc2ccccc2)C1. The Morgan fingerprint density at radius 3 is 2.73 bits per heavy atom. The van der Waals surface area contributed by atoms with Gasteiger partial charge in [0, 0.05) is 44.6 Å². The summed E-state index contributed by atoms with van der Waals surface area (Å²) in [4.78, 5) is 35.0. The van der Waals surface area contributed by atoms with Gasteiger partial charge in [0.15, 0.2) is 0 Å². The maximum absolute atomic E-state index is 13.1. The van der Waals surface area contributed by atoms with Crippen LogP contribution >= 0.6 is 0 Å². The Bertz CT molecular complexity index is 1020. The van der Waals surface area contributed by atoms with Crippen molar-refractivity contribution in [3.8, 4) is 0 Å². The maximum Gasteiger partial charge on any atom is 0.253 e. The summed E-state index contributed by atoms with van der Waals surface area (Å²) in [6.07, 6.45) is 8.56. The van der Waals surface area contributed by atoms with Gasteiger partial charge in [0.25, 0.3) is 5.56 Å². The van der Waals surface area contributed by atoms with Gasteiger partial charge in [-0.1, -0.05) is 36.8 Å². The molecule has 0 bridgehead atoms. The lowest BCUT2D eigenvalue weighted by molar-refractivity contribution is -0.134. The van der Waals surface area contributed by atoms with Crippen LogP contribution in [0.25, 0.3) is 0 Å². The first-order valence-corrected chi connectivity index (χ1v) is 12.8. The number of nitrogens with zero attached hydrogens (tertiary/aromatic N) is 4. The number of piperidine rings is 1. The van der Waals surface area contributed by atoms with Gasteiger partial charge in [-0.05, 0) is 56.6 Å². The molecule has 3 aliphatic heterocycles. The average Bonchev–Trinajstić information content (AvgIpc) is 3.15. The molecule has 4 heterocycles. The highest BCUT2D eigenvalue weighted by Gasteiger charge is 2.30. The van der Waals surface area contributed by atoms with Crippen molar-refractivity contribution in [1.29, 1.82) is 0 Å². The molecule has 0 aliphatic carbocycles. The van der Waals surface area contributed by atoms with E-state index in [4.69, 9.17) is 4.98 Å². The van der Waals surface area contributed by atoms with Crippen LogP contribution in [0.3, 0.4) is 0 Å². The van der Waals surface area contributed by atoms with Gasteiger partial charge in [-0.2, -0.15) is 0 Å². The number of carbonyl (C=O) groups excluding carboxylic acids is 1. The minimum Gasteiger partial charge on any atom is -0.341 e. The van der Waals surface area contributed by atoms with Gasteiger partial charge in [-0.15, -0.1) is 0 Å². The molecule has 5 rings (SSSR count). The number of amides is 1. The molecule has 6 heteroatoms. The van der Waals surface area contributed by atoms with E-state index in [1.54, 1.807) is 6.07 Å². The van der Waals surface area contributed by atoms with E-state index in [-0.39, 0.29) is 17.4 Å². The van der Waals surface area contributed by atoms with E-state index in [9.17, 15) is 9.59 Å². The fourth-order valence-electron chi connectivity index (χ4n) is 5.86. The van der Waals surface area contributed by atoms with E-state index in [2.05, 4.69) is 40.1 Å². The second kappa shape index (κ2) is 10.2. The van der Waals surface area contributed by atoms with E-state index < -0.39 is 0 Å². The van der Waals surface area contributed by atoms with Crippen LogP contribution in [0.1, 0.15) is 61.5 Å². The number of carbonyl (C=O) groups is 1. The van der Waals surface area contributed by atoms with Crippen LogP contribution in [0.2, 0.25) is 0 Å². The maximum atomic E-state index is 13.1. The van der Waals surface area contributed by atoms with E-state index in [0.29, 0.717) is 12.5 Å². The van der Waals surface area contributed by atoms with Gasteiger partial charge >= 0.3 is 0 Å². The highest BCUT2D eigenvalue weighted by Crippen LogP contribution is 2.27. The molecule has 1 aromatic carbocycles. The van der Waals surface area contributed by atoms with Crippen LogP contribution in [0.4, 0.5) is 0 Å². The molecule has 2 fully saturated rings. The highest BCUT2D eigenvalue weighted by molar-refractivity contribution is 5.78. The summed E-state index contributed by atoms with van der Waals surface area (Å²) < 4.78 is 1.87. The molecule has 2 saturated heterocycles. The fraction of sp³-hybridized carbons (Fsp3) is 0.593. The van der Waals surface area contributed by atoms with Gasteiger partial charge in [-0.3, -0.25) is 19.1 Å². The number of rotatable bonds is 5. The van der Waals surface area contributed by atoms with Gasteiger partial charge in [0.1, 0.15) is 5.82 Å². The monoisotopic (exact) mass is 448 g/mol. The van der Waals surface area contributed by atoms with Crippen molar-refractivity contribution >= 4 is 5.91 Å². The molecular formula is C27H36N4O2. The van der Waals surface area contributed by atoms with Crippen molar-refractivity contribution in [2.45, 2.75) is 63.8 Å². The zero-order chi connectivity index (χ0) is 22.6. The quantitative estimate of drug-likeness (QED) is 0.705. The zero-order valence-corrected chi connectivity index (χ0v) is 19.6. The molecule has 6 nitrogen and oxygen atoms in total. The first-order valence-electron chi connectivity index (χ1n) is 12.8. The summed E-state index contributed by atoms with van der Waals surface area (Å²) >= 11 is 0. The predicted octanol–water partition coefficient (Wildman–Crippen LogP) is 3.24. The molecular weight excluding hydrogens is 412 g/mol. The van der Waals surface area contributed by atoms with Gasteiger partial charge in [0.2, 0.25) is 5.91 Å². The van der Waals surface area contributed by atoms with Crippen molar-refractivity contribution in [3.63, 3.8) is 0 Å². The Labute approximate surface area is 196 Å². The molecule has 0 saturated carbocycles. The van der Waals surface area contributed by atoms with Crippen LogP contribution in [-0.2, 0) is 24.2 Å². The molecule has 2 aromatic rings. The molecule has 1 aromatic heterocycles. The predicted molar refractivity (Wildman–Crippen MR) is 129 cm³/mol. The number of hydrogen-bond acceptors (Lipinski definition) is 4. The summed E-state index contributed by atoms with van der Waals surface area (Å²) in [6, 6.07) is 12.4. The molecule has 2 unspecified atom stereocenters. The Morgan fingerprint density at radius 2 is 1.85 bits per heavy atom. The summed E-state index contributed by atoms with van der Waals surface area (Å²) in [6.45, 7) is 4.76. The van der Waals surface area contributed by atoms with Crippen molar-refractivity contribution in [1.82, 2.24) is 19.4 Å². The molecule has 0 N–H and O–H groups in total. The minimum atomic E-state index is 0.101. The Hall–Kier alpha value is -2.47.